The molecule has 0 atom stereocenters. The van der Waals surface area contributed by atoms with Gasteiger partial charge in [-0.1, -0.05) is 12.1 Å². The van der Waals surface area contributed by atoms with Gasteiger partial charge in [-0.2, -0.15) is 10.5 Å². The van der Waals surface area contributed by atoms with Gasteiger partial charge >= 0.3 is 72.6 Å². The average molecular weight is 939 g/mol. The van der Waals surface area contributed by atoms with Crippen molar-refractivity contribution in [3.05, 3.63) is 71.6 Å². The molecule has 0 aliphatic carbocycles. The van der Waals surface area contributed by atoms with Gasteiger partial charge in [0.2, 0.25) is 6.41 Å². The molecule has 0 aromatic carbocycles. The molecule has 2 aromatic heterocycles. The normalized spacial score (nSPS) is 11.8. The molecule has 334 valence electrons. The smallest absolute Gasteiger partial charge is 0.271 e. The summed E-state index contributed by atoms with van der Waals surface area (Å²) in [5, 5.41) is 17.9. The van der Waals surface area contributed by atoms with E-state index in [4.69, 9.17) is 10.5 Å². The fourth-order valence-corrected chi connectivity index (χ4v) is 2.21. The van der Waals surface area contributed by atoms with Gasteiger partial charge in [-0.3, -0.25) is 19.1 Å². The molecule has 0 unspecified atom stereocenters. The summed E-state index contributed by atoms with van der Waals surface area (Å²) in [5.41, 5.74) is 3.44. The number of nitriles is 2. The van der Waals surface area contributed by atoms with E-state index in [1.807, 2.05) is 132 Å². The summed E-state index contributed by atoms with van der Waals surface area (Å²) in [4.78, 5) is 42.0. The van der Waals surface area contributed by atoms with Crippen LogP contribution in [0.25, 0.3) is 11.6 Å². The van der Waals surface area contributed by atoms with Gasteiger partial charge in [0.15, 0.2) is 6.21 Å². The minimum absolute atomic E-state index is 0. The van der Waals surface area contributed by atoms with Crippen molar-refractivity contribution in [2.75, 3.05) is 70.5 Å². The molecule has 0 bridgehead atoms. The first-order chi connectivity index (χ1) is 25.3. The van der Waals surface area contributed by atoms with E-state index in [1.165, 1.54) is 4.90 Å². The van der Waals surface area contributed by atoms with Crippen LogP contribution in [0.15, 0.2) is 48.8 Å². The Hall–Kier alpha value is -4.60. The van der Waals surface area contributed by atoms with E-state index >= 15 is 0 Å². The summed E-state index contributed by atoms with van der Waals surface area (Å²) in [5.74, 6) is 0. The second kappa shape index (κ2) is 28.7. The van der Waals surface area contributed by atoms with E-state index in [0.29, 0.717) is 11.4 Å². The third kappa shape index (κ3) is 72.6. The fourth-order valence-electron chi connectivity index (χ4n) is 2.21. The van der Waals surface area contributed by atoms with Crippen molar-refractivity contribution < 1.29 is 69.8 Å². The van der Waals surface area contributed by atoms with Crippen molar-refractivity contribution in [1.29, 1.82) is 10.5 Å². The van der Waals surface area contributed by atoms with Crippen LogP contribution in [-0.2, 0) is 14.4 Å². The van der Waals surface area contributed by atoms with Crippen molar-refractivity contribution >= 4 is 73.9 Å². The SMILES string of the molecule is CN(C)/C=C(\C=[N+](C)C)c1cccc(C#N)n1.CN(C)/C=C/c1cccc(C#N)n1.CN(C)C=O.CNC.F.FP(F)(F)(F)F.F[P-](F)(F)(F)(F)F.O=C(Cl)C(=O)Cl. The van der Waals surface area contributed by atoms with E-state index < -0.39 is 26.5 Å². The number of hydrogen-bond acceptors (Lipinski definition) is 10. The van der Waals surface area contributed by atoms with Crippen molar-refractivity contribution in [1.82, 2.24) is 30.0 Å². The number of rotatable bonds is 7. The molecule has 0 aliphatic heterocycles. The van der Waals surface area contributed by atoms with Crippen LogP contribution in [0, 0.1) is 22.7 Å². The monoisotopic (exact) mass is 937 g/mol. The topological polar surface area (TPSA) is 149 Å². The molecule has 1 N–H and O–H groups in total. The van der Waals surface area contributed by atoms with Crippen molar-refractivity contribution in [3.8, 4) is 12.1 Å². The molecule has 2 heterocycles. The van der Waals surface area contributed by atoms with E-state index in [-0.39, 0.29) is 4.70 Å². The standard InChI is InChI=1S/C13H17N4.C10H11N3.C3H7NO.C2Cl2O2.C2H7N.F6P.F5P.FH/c1-16(2)9-11(10-17(3)4)13-7-5-6-12(8-14)15-13;1-13(2)7-6-9-4-3-5-10(8-11)12-9;1-4(2)3-5;3-1(5)2(4)6;1-3-2;1-7(2,3,4,5)6;1-6(2,3,4)5;/h5-7,9-10H,1-4H3;3-7H,1-2H3;3H,1-2H3;;3H,1-2H3;;;1H/q+1;;;;;-1;;/b;7-6+;;;;;;. The van der Waals surface area contributed by atoms with E-state index in [2.05, 4.69) is 38.5 Å². The zero-order valence-electron chi connectivity index (χ0n) is 32.4. The first kappa shape index (κ1) is 65.3. The summed E-state index contributed by atoms with van der Waals surface area (Å²) >= 11 is 8.98. The van der Waals surface area contributed by atoms with Gasteiger partial charge in [-0.05, 0) is 67.6 Å². The first-order valence-electron chi connectivity index (χ1n) is 14.5. The van der Waals surface area contributed by atoms with Gasteiger partial charge in [0.25, 0.3) is 0 Å². The van der Waals surface area contributed by atoms with E-state index in [9.17, 15) is 60.5 Å². The van der Waals surface area contributed by atoms with Crippen LogP contribution in [0.1, 0.15) is 22.8 Å². The Labute approximate surface area is 338 Å². The number of halogens is 14. The van der Waals surface area contributed by atoms with Gasteiger partial charge in [-0.25, -0.2) is 14.5 Å². The van der Waals surface area contributed by atoms with Crippen LogP contribution in [0.4, 0.5) is 50.9 Å². The molecule has 0 saturated heterocycles. The number of allylic oxidation sites excluding steroid dienone is 1. The molecule has 2 rings (SSSR count). The fraction of sp³-hybridized carbons (Fsp3) is 0.333. The molecule has 2 aromatic rings. The Bertz CT molecular complexity index is 1690. The van der Waals surface area contributed by atoms with Crippen LogP contribution in [-0.4, -0.2) is 123 Å². The predicted octanol–water partition coefficient (Wildman–Crippen LogP) is 9.24. The van der Waals surface area contributed by atoms with Crippen LogP contribution >= 0.6 is 39.2 Å². The Balaban J connectivity index is -0.000000146. The molecule has 1 amide bonds. The largest absolute Gasteiger partial charge is 0.304 e. The second-order valence-electron chi connectivity index (χ2n) is 10.7. The summed E-state index contributed by atoms with van der Waals surface area (Å²) in [7, 11) is -0.388. The minimum Gasteiger partial charge on any atom is -0.271 e. The molecule has 0 aliphatic rings. The zero-order valence-corrected chi connectivity index (χ0v) is 35.7. The molecule has 0 spiro atoms. The van der Waals surface area contributed by atoms with Gasteiger partial charge in [0.05, 0.1) is 17.0 Å². The molecule has 58 heavy (non-hydrogen) atoms. The second-order valence-corrected chi connectivity index (χ2v) is 14.6. The third-order valence-corrected chi connectivity index (χ3v) is 4.19. The molecule has 0 saturated carbocycles. The van der Waals surface area contributed by atoms with Crippen LogP contribution in [0.3, 0.4) is 0 Å². The first-order valence-corrected chi connectivity index (χ1v) is 19.0. The van der Waals surface area contributed by atoms with E-state index in [1.54, 1.807) is 26.2 Å². The molecular formula is C30H43Cl2F12N9O3P2. The molecule has 0 fully saturated rings. The van der Waals surface area contributed by atoms with Crippen molar-refractivity contribution in [2.45, 2.75) is 0 Å². The summed E-state index contributed by atoms with van der Waals surface area (Å²) in [6, 6.07) is 14.9. The number of carbonyl (C=O) groups is 3. The number of nitrogens with one attached hydrogen (secondary N) is 1. The quantitative estimate of drug-likeness (QED) is 0.0542. The molecule has 28 heteroatoms. The number of hydrogen-bond donors (Lipinski definition) is 1. The van der Waals surface area contributed by atoms with Gasteiger partial charge in [0.1, 0.15) is 37.6 Å². The maximum atomic E-state index is 9.87. The molecule has 12 nitrogen and oxygen atoms in total. The Morgan fingerprint density at radius 1 is 0.776 bits per heavy atom. The zero-order chi connectivity index (χ0) is 46.5. The van der Waals surface area contributed by atoms with Gasteiger partial charge in [0, 0.05) is 54.7 Å². The minimum atomic E-state index is -10.7. The van der Waals surface area contributed by atoms with E-state index in [0.717, 1.165) is 23.4 Å². The van der Waals surface area contributed by atoms with Crippen molar-refractivity contribution in [3.63, 3.8) is 0 Å². The number of amides is 1. The number of carbonyl (C=O) groups excluding carboxylic acids is 3. The Morgan fingerprint density at radius 3 is 1.40 bits per heavy atom. The average Bonchev–Trinajstić information content (AvgIpc) is 3.01. The number of aromatic nitrogens is 2. The maximum Gasteiger partial charge on any atom is 0.304 e. The summed E-state index contributed by atoms with van der Waals surface area (Å²) in [6.45, 7) is 0. The maximum absolute atomic E-state index is 10.7. The Morgan fingerprint density at radius 2 is 1.12 bits per heavy atom. The van der Waals surface area contributed by atoms with Gasteiger partial charge < -0.3 is 20.0 Å². The van der Waals surface area contributed by atoms with Crippen molar-refractivity contribution in [2.24, 2.45) is 0 Å². The Kier molecular flexibility index (Phi) is 32.3. The number of nitrogens with zero attached hydrogens (tertiary/aromatic N) is 8. The molecule has 0 radical (unpaired) electrons. The summed E-state index contributed by atoms with van der Waals surface area (Å²) in [6.07, 6.45) is 8.46. The van der Waals surface area contributed by atoms with Crippen LogP contribution in [0.5, 0.6) is 0 Å². The summed E-state index contributed by atoms with van der Waals surface area (Å²) < 4.78 is 110. The van der Waals surface area contributed by atoms with Crippen LogP contribution < -0.4 is 5.32 Å². The number of pyridine rings is 2. The molecular weight excluding hydrogens is 895 g/mol. The third-order valence-electron chi connectivity index (χ3n) is 3.75. The van der Waals surface area contributed by atoms with Gasteiger partial charge in [-0.15, -0.1) is 0 Å². The van der Waals surface area contributed by atoms with Crippen LogP contribution in [0.2, 0.25) is 0 Å². The predicted molar refractivity (Wildman–Crippen MR) is 205 cm³/mol.